The van der Waals surface area contributed by atoms with Crippen LogP contribution in [0.4, 0.5) is 5.69 Å². The quantitative estimate of drug-likeness (QED) is 0.681. The fraction of sp³-hybridized carbons (Fsp3) is 0.133. The predicted molar refractivity (Wildman–Crippen MR) is 73.3 cm³/mol. The number of aromatic nitrogens is 2. The Hall–Kier alpha value is -2.29. The number of para-hydroxylation sites is 1. The molecule has 1 heterocycles. The zero-order chi connectivity index (χ0) is 12.5. The lowest BCUT2D eigenvalue weighted by Crippen LogP contribution is -2.26. The van der Waals surface area contributed by atoms with E-state index in [4.69, 9.17) is 0 Å². The molecule has 0 fully saturated rings. The number of aryl methyl sites for hydroxylation is 2. The number of anilines is 1. The summed E-state index contributed by atoms with van der Waals surface area (Å²) in [5.74, 6) is 0. The minimum Gasteiger partial charge on any atom is -0.231 e. The molecule has 1 aromatic heterocycles. The number of nitrogens with zero attached hydrogens (tertiary/aromatic N) is 2. The maximum atomic E-state index is 3.39. The molecule has 0 radical (unpaired) electrons. The van der Waals surface area contributed by atoms with Gasteiger partial charge < -0.3 is 0 Å². The summed E-state index contributed by atoms with van der Waals surface area (Å²) in [6.07, 6.45) is 2.05. The van der Waals surface area contributed by atoms with Crippen LogP contribution in [0, 0.1) is 6.92 Å². The minimum atomic E-state index is 1.08. The highest BCUT2D eigenvalue weighted by molar-refractivity contribution is 5.73. The van der Waals surface area contributed by atoms with Gasteiger partial charge in [0.05, 0.1) is 12.7 Å². The Balaban J connectivity index is 2.09. The number of benzene rings is 2. The van der Waals surface area contributed by atoms with E-state index < -0.39 is 0 Å². The molecule has 0 saturated heterocycles. The summed E-state index contributed by atoms with van der Waals surface area (Å²) >= 11 is 0. The van der Waals surface area contributed by atoms with Crippen LogP contribution in [-0.4, -0.2) is 4.68 Å². The zero-order valence-corrected chi connectivity index (χ0v) is 10.6. The van der Waals surface area contributed by atoms with Crippen LogP contribution in [0.2, 0.25) is 0 Å². The van der Waals surface area contributed by atoms with Gasteiger partial charge in [-0.15, -0.1) is 4.68 Å². The van der Waals surface area contributed by atoms with E-state index in [1.807, 2.05) is 18.2 Å². The third kappa shape index (κ3) is 1.84. The largest absolute Gasteiger partial charge is 0.268 e. The molecule has 0 aliphatic carbocycles. The van der Waals surface area contributed by atoms with Gasteiger partial charge in [-0.1, -0.05) is 24.3 Å². The smallest absolute Gasteiger partial charge is 0.231 e. The van der Waals surface area contributed by atoms with Gasteiger partial charge in [0.25, 0.3) is 6.33 Å². The van der Waals surface area contributed by atoms with Crippen molar-refractivity contribution in [3.63, 3.8) is 0 Å². The van der Waals surface area contributed by atoms with Crippen molar-refractivity contribution in [1.29, 1.82) is 0 Å². The number of fused-ring (bicyclic) bond motifs is 1. The lowest BCUT2D eigenvalue weighted by molar-refractivity contribution is -0.645. The molecule has 2 aromatic carbocycles. The molecule has 0 bridgehead atoms. The van der Waals surface area contributed by atoms with Gasteiger partial charge in [0.1, 0.15) is 0 Å². The lowest BCUT2D eigenvalue weighted by Gasteiger charge is -2.01. The van der Waals surface area contributed by atoms with Gasteiger partial charge in [-0.25, -0.2) is 9.99 Å². The van der Waals surface area contributed by atoms with Crippen molar-refractivity contribution in [3.8, 4) is 0 Å². The van der Waals surface area contributed by atoms with Crippen molar-refractivity contribution in [1.82, 2.24) is 4.68 Å². The van der Waals surface area contributed by atoms with Gasteiger partial charge in [0, 0.05) is 0 Å². The molecule has 3 heteroatoms. The van der Waals surface area contributed by atoms with E-state index in [9.17, 15) is 0 Å². The van der Waals surface area contributed by atoms with Crippen molar-refractivity contribution in [2.24, 2.45) is 7.05 Å². The van der Waals surface area contributed by atoms with Crippen molar-refractivity contribution in [3.05, 3.63) is 60.4 Å². The van der Waals surface area contributed by atoms with E-state index in [0.29, 0.717) is 0 Å². The lowest BCUT2D eigenvalue weighted by atomic mass is 10.2. The summed E-state index contributed by atoms with van der Waals surface area (Å²) in [4.78, 5) is 0. The van der Waals surface area contributed by atoms with Gasteiger partial charge >= 0.3 is 0 Å². The summed E-state index contributed by atoms with van der Waals surface area (Å²) in [7, 11) is 2.06. The van der Waals surface area contributed by atoms with Crippen LogP contribution in [0.3, 0.4) is 0 Å². The van der Waals surface area contributed by atoms with Gasteiger partial charge in [-0.05, 0) is 36.8 Å². The molecule has 0 spiro atoms. The van der Waals surface area contributed by atoms with Crippen molar-refractivity contribution >= 4 is 16.7 Å². The normalized spacial score (nSPS) is 10.8. The fourth-order valence-corrected chi connectivity index (χ4v) is 2.16. The van der Waals surface area contributed by atoms with Crippen LogP contribution >= 0.6 is 0 Å². The number of hydrogen-bond acceptors (Lipinski definition) is 1. The third-order valence-electron chi connectivity index (χ3n) is 3.08. The second-order valence-corrected chi connectivity index (χ2v) is 4.57. The Bertz CT molecular complexity index is 684. The molecule has 0 aliphatic heterocycles. The molecule has 18 heavy (non-hydrogen) atoms. The summed E-state index contributed by atoms with van der Waals surface area (Å²) in [5, 5.41) is 0. The maximum Gasteiger partial charge on any atom is 0.268 e. The third-order valence-corrected chi connectivity index (χ3v) is 3.08. The molecule has 3 aromatic rings. The Morgan fingerprint density at radius 2 is 1.83 bits per heavy atom. The highest BCUT2D eigenvalue weighted by atomic mass is 15.4. The number of hydrogen-bond donors (Lipinski definition) is 1. The van der Waals surface area contributed by atoms with Gasteiger partial charge in [-0.2, -0.15) is 0 Å². The first-order valence-corrected chi connectivity index (χ1v) is 6.03. The molecular formula is C15H16N3+. The number of imidazole rings is 1. The monoisotopic (exact) mass is 238 g/mol. The second kappa shape index (κ2) is 4.18. The predicted octanol–water partition coefficient (Wildman–Crippen LogP) is 2.65. The fourth-order valence-electron chi connectivity index (χ4n) is 2.16. The van der Waals surface area contributed by atoms with Crippen LogP contribution in [-0.2, 0) is 7.05 Å². The highest BCUT2D eigenvalue weighted by Crippen LogP contribution is 2.14. The van der Waals surface area contributed by atoms with E-state index in [1.165, 1.54) is 16.6 Å². The van der Waals surface area contributed by atoms with Crippen LogP contribution in [0.1, 0.15) is 5.56 Å². The minimum absolute atomic E-state index is 1.08. The van der Waals surface area contributed by atoms with Crippen molar-refractivity contribution < 1.29 is 4.57 Å². The van der Waals surface area contributed by atoms with E-state index in [2.05, 4.69) is 65.3 Å². The summed E-state index contributed by atoms with van der Waals surface area (Å²) in [6, 6.07) is 16.7. The molecule has 3 nitrogen and oxygen atoms in total. The maximum absolute atomic E-state index is 3.39. The second-order valence-electron chi connectivity index (χ2n) is 4.57. The molecular weight excluding hydrogens is 222 g/mol. The highest BCUT2D eigenvalue weighted by Gasteiger charge is 2.13. The average Bonchev–Trinajstić information content (AvgIpc) is 2.67. The summed E-state index contributed by atoms with van der Waals surface area (Å²) in [5.41, 5.74) is 8.13. The molecule has 0 atom stereocenters. The first kappa shape index (κ1) is 10.8. The summed E-state index contributed by atoms with van der Waals surface area (Å²) in [6.45, 7) is 2.11. The average molecular weight is 238 g/mol. The zero-order valence-electron chi connectivity index (χ0n) is 10.6. The van der Waals surface area contributed by atoms with Crippen LogP contribution in [0.5, 0.6) is 0 Å². The first-order chi connectivity index (χ1) is 8.74. The van der Waals surface area contributed by atoms with Gasteiger partial charge in [0.2, 0.25) is 0 Å². The van der Waals surface area contributed by atoms with E-state index in [0.717, 1.165) is 5.69 Å². The summed E-state index contributed by atoms with van der Waals surface area (Å²) < 4.78 is 4.17. The Morgan fingerprint density at radius 1 is 1.06 bits per heavy atom. The van der Waals surface area contributed by atoms with Gasteiger partial charge in [0.15, 0.2) is 11.0 Å². The van der Waals surface area contributed by atoms with Crippen LogP contribution in [0.15, 0.2) is 54.9 Å². The Labute approximate surface area is 106 Å². The molecule has 90 valence electrons. The molecule has 0 saturated carbocycles. The van der Waals surface area contributed by atoms with Crippen molar-refractivity contribution in [2.75, 3.05) is 5.43 Å². The van der Waals surface area contributed by atoms with Crippen LogP contribution < -0.4 is 9.99 Å². The molecule has 0 unspecified atom stereocenters. The standard InChI is InChI=1S/C15H16N3/c1-12-8-9-14-15(10-12)18(11-17(14)2)16-13-6-4-3-5-7-13/h3-11,16H,1-2H3/q+1. The Morgan fingerprint density at radius 3 is 2.61 bits per heavy atom. The number of nitrogens with one attached hydrogen (secondary N) is 1. The molecule has 0 amide bonds. The van der Waals surface area contributed by atoms with Gasteiger partial charge in [-0.3, -0.25) is 0 Å². The van der Waals surface area contributed by atoms with E-state index in [-0.39, 0.29) is 0 Å². The molecule has 0 aliphatic rings. The first-order valence-electron chi connectivity index (χ1n) is 6.03. The van der Waals surface area contributed by atoms with E-state index >= 15 is 0 Å². The molecule has 1 N–H and O–H groups in total. The Kier molecular flexibility index (Phi) is 2.52. The molecule has 3 rings (SSSR count). The van der Waals surface area contributed by atoms with Crippen LogP contribution in [0.25, 0.3) is 11.0 Å². The topological polar surface area (TPSA) is 20.8 Å². The van der Waals surface area contributed by atoms with E-state index in [1.54, 1.807) is 0 Å². The SMILES string of the molecule is Cc1ccc2c(c1)n(Nc1ccccc1)c[n+]2C. The number of rotatable bonds is 2. The van der Waals surface area contributed by atoms with Crippen molar-refractivity contribution in [2.45, 2.75) is 6.92 Å².